The van der Waals surface area contributed by atoms with E-state index in [4.69, 9.17) is 20.3 Å². The van der Waals surface area contributed by atoms with Crippen molar-refractivity contribution in [2.75, 3.05) is 26.4 Å². The van der Waals surface area contributed by atoms with E-state index in [0.717, 1.165) is 0 Å². The van der Waals surface area contributed by atoms with Crippen molar-refractivity contribution in [1.29, 1.82) is 0 Å². The number of ether oxygens (including phenoxy) is 2. The second kappa shape index (κ2) is 7.78. The van der Waals surface area contributed by atoms with E-state index in [0.29, 0.717) is 25.3 Å². The molecule has 3 N–H and O–H groups in total. The van der Waals surface area contributed by atoms with E-state index in [-0.39, 0.29) is 6.61 Å². The van der Waals surface area contributed by atoms with Crippen molar-refractivity contribution in [3.63, 3.8) is 0 Å². The van der Waals surface area contributed by atoms with Gasteiger partial charge in [-0.2, -0.15) is 0 Å². The van der Waals surface area contributed by atoms with E-state index in [1.54, 1.807) is 24.3 Å². The molecule has 0 saturated heterocycles. The number of carbonyl (C=O) groups is 1. The maximum Gasteiger partial charge on any atom is 0.337 e. The van der Waals surface area contributed by atoms with Crippen LogP contribution in [0.3, 0.4) is 0 Å². The Labute approximate surface area is 100 Å². The van der Waals surface area contributed by atoms with Crippen molar-refractivity contribution in [2.45, 2.75) is 6.10 Å². The van der Waals surface area contributed by atoms with E-state index in [1.807, 2.05) is 6.07 Å². The van der Waals surface area contributed by atoms with Crippen LogP contribution in [-0.4, -0.2) is 37.4 Å². The lowest BCUT2D eigenvalue weighted by molar-refractivity contribution is -0.151. The molecular weight excluding hydrogens is 222 g/mol. The molecule has 1 rings (SSSR count). The molecule has 0 spiro atoms. The predicted octanol–water partition coefficient (Wildman–Crippen LogP) is 0.804. The zero-order valence-corrected chi connectivity index (χ0v) is 9.54. The van der Waals surface area contributed by atoms with Gasteiger partial charge in [0.25, 0.3) is 0 Å². The van der Waals surface area contributed by atoms with Crippen LogP contribution >= 0.6 is 0 Å². The normalized spacial score (nSPS) is 12.3. The van der Waals surface area contributed by atoms with Gasteiger partial charge < -0.3 is 20.3 Å². The molecule has 1 unspecified atom stereocenters. The summed E-state index contributed by atoms with van der Waals surface area (Å²) in [6.07, 6.45) is -0.947. The van der Waals surface area contributed by atoms with Crippen molar-refractivity contribution in [3.05, 3.63) is 35.9 Å². The fourth-order valence-corrected chi connectivity index (χ4v) is 1.35. The molecule has 94 valence electrons. The summed E-state index contributed by atoms with van der Waals surface area (Å²) in [5.41, 5.74) is 5.87. The van der Waals surface area contributed by atoms with Crippen LogP contribution in [0, 0.1) is 0 Å². The number of carboxylic acids is 1. The molecule has 0 aliphatic rings. The van der Waals surface area contributed by atoms with Gasteiger partial charge in [0.2, 0.25) is 0 Å². The zero-order chi connectivity index (χ0) is 12.5. The summed E-state index contributed by atoms with van der Waals surface area (Å²) in [7, 11) is 0. The van der Waals surface area contributed by atoms with Crippen molar-refractivity contribution >= 4 is 5.97 Å². The number of carboxylic acid groups (broad SMARTS) is 1. The molecule has 0 aliphatic heterocycles. The maximum atomic E-state index is 11.0. The molecule has 0 saturated carbocycles. The third kappa shape index (κ3) is 4.95. The van der Waals surface area contributed by atoms with Crippen LogP contribution in [0.2, 0.25) is 0 Å². The van der Waals surface area contributed by atoms with Crippen molar-refractivity contribution < 1.29 is 19.4 Å². The molecule has 0 bridgehead atoms. The average Bonchev–Trinajstić information content (AvgIpc) is 2.34. The maximum absolute atomic E-state index is 11.0. The van der Waals surface area contributed by atoms with Gasteiger partial charge in [0.05, 0.1) is 19.8 Å². The molecule has 0 fully saturated rings. The molecule has 5 heteroatoms. The van der Waals surface area contributed by atoms with Gasteiger partial charge in [0, 0.05) is 6.54 Å². The second-order valence-corrected chi connectivity index (χ2v) is 3.40. The summed E-state index contributed by atoms with van der Waals surface area (Å²) in [6.45, 7) is 1.47. The summed E-state index contributed by atoms with van der Waals surface area (Å²) >= 11 is 0. The summed E-state index contributed by atoms with van der Waals surface area (Å²) in [5, 5.41) is 9.04. The Bertz CT molecular complexity index is 329. The molecule has 0 amide bonds. The van der Waals surface area contributed by atoms with Crippen LogP contribution in [0.15, 0.2) is 30.3 Å². The fraction of sp³-hybridized carbons (Fsp3) is 0.417. The highest BCUT2D eigenvalue weighted by molar-refractivity contribution is 5.74. The standard InChI is InChI=1S/C12H17NO4/c13-6-7-16-8-9-17-11(12(14)15)10-4-2-1-3-5-10/h1-5,11H,6-9,13H2,(H,14,15). The number of hydrogen-bond donors (Lipinski definition) is 2. The number of nitrogens with two attached hydrogens (primary N) is 1. The lowest BCUT2D eigenvalue weighted by atomic mass is 10.1. The van der Waals surface area contributed by atoms with Gasteiger partial charge in [-0.25, -0.2) is 4.79 Å². The van der Waals surface area contributed by atoms with Gasteiger partial charge >= 0.3 is 5.97 Å². The minimum atomic E-state index is -1.00. The van der Waals surface area contributed by atoms with E-state index < -0.39 is 12.1 Å². The highest BCUT2D eigenvalue weighted by atomic mass is 16.5. The molecule has 0 radical (unpaired) electrons. The van der Waals surface area contributed by atoms with Crippen molar-refractivity contribution in [3.8, 4) is 0 Å². The number of aliphatic carboxylic acids is 1. The Kier molecular flexibility index (Phi) is 6.24. The largest absolute Gasteiger partial charge is 0.479 e. The molecule has 0 heterocycles. The highest BCUT2D eigenvalue weighted by Gasteiger charge is 2.19. The van der Waals surface area contributed by atoms with Crippen LogP contribution in [-0.2, 0) is 14.3 Å². The minimum Gasteiger partial charge on any atom is -0.479 e. The summed E-state index contributed by atoms with van der Waals surface area (Å²) in [5.74, 6) is -1.00. The monoisotopic (exact) mass is 239 g/mol. The molecule has 1 atom stereocenters. The minimum absolute atomic E-state index is 0.228. The zero-order valence-electron chi connectivity index (χ0n) is 9.54. The van der Waals surface area contributed by atoms with Crippen LogP contribution in [0.1, 0.15) is 11.7 Å². The van der Waals surface area contributed by atoms with Gasteiger partial charge in [-0.15, -0.1) is 0 Å². The first kappa shape index (κ1) is 13.6. The Hall–Kier alpha value is -1.43. The fourth-order valence-electron chi connectivity index (χ4n) is 1.35. The van der Waals surface area contributed by atoms with Crippen LogP contribution in [0.4, 0.5) is 0 Å². The molecule has 0 aliphatic carbocycles. The first-order valence-corrected chi connectivity index (χ1v) is 5.43. The lowest BCUT2D eigenvalue weighted by Gasteiger charge is -2.13. The lowest BCUT2D eigenvalue weighted by Crippen LogP contribution is -2.19. The van der Waals surface area contributed by atoms with Crippen LogP contribution in [0.5, 0.6) is 0 Å². The highest BCUT2D eigenvalue weighted by Crippen LogP contribution is 2.16. The Balaban J connectivity index is 2.42. The van der Waals surface area contributed by atoms with Crippen LogP contribution < -0.4 is 5.73 Å². The third-order valence-corrected chi connectivity index (χ3v) is 2.10. The average molecular weight is 239 g/mol. The summed E-state index contributed by atoms with van der Waals surface area (Å²) in [4.78, 5) is 11.0. The second-order valence-electron chi connectivity index (χ2n) is 3.40. The molecule has 1 aromatic carbocycles. The van der Waals surface area contributed by atoms with E-state index in [1.165, 1.54) is 0 Å². The Morgan fingerprint density at radius 2 is 1.94 bits per heavy atom. The van der Waals surface area contributed by atoms with Crippen LogP contribution in [0.25, 0.3) is 0 Å². The van der Waals surface area contributed by atoms with Gasteiger partial charge in [-0.3, -0.25) is 0 Å². The third-order valence-electron chi connectivity index (χ3n) is 2.10. The molecule has 17 heavy (non-hydrogen) atoms. The Morgan fingerprint density at radius 3 is 2.53 bits per heavy atom. The van der Waals surface area contributed by atoms with Crippen molar-refractivity contribution in [1.82, 2.24) is 0 Å². The molecule has 1 aromatic rings. The SMILES string of the molecule is NCCOCCOC(C(=O)O)c1ccccc1. The van der Waals surface area contributed by atoms with E-state index in [2.05, 4.69) is 0 Å². The van der Waals surface area contributed by atoms with Gasteiger partial charge in [-0.05, 0) is 5.56 Å². The first-order chi connectivity index (χ1) is 8.25. The van der Waals surface area contributed by atoms with E-state index >= 15 is 0 Å². The topological polar surface area (TPSA) is 81.8 Å². The summed E-state index contributed by atoms with van der Waals surface area (Å²) in [6, 6.07) is 8.82. The molecule has 0 aromatic heterocycles. The van der Waals surface area contributed by atoms with Gasteiger partial charge in [-0.1, -0.05) is 30.3 Å². The quantitative estimate of drug-likeness (QED) is 0.656. The smallest absolute Gasteiger partial charge is 0.337 e. The number of hydrogen-bond acceptors (Lipinski definition) is 4. The molecular formula is C12H17NO4. The van der Waals surface area contributed by atoms with E-state index in [9.17, 15) is 4.79 Å². The first-order valence-electron chi connectivity index (χ1n) is 5.43. The molecule has 5 nitrogen and oxygen atoms in total. The van der Waals surface area contributed by atoms with Gasteiger partial charge in [0.15, 0.2) is 6.10 Å². The number of rotatable bonds is 8. The predicted molar refractivity (Wildman–Crippen MR) is 62.6 cm³/mol. The number of benzene rings is 1. The summed E-state index contributed by atoms with van der Waals surface area (Å²) < 4.78 is 10.4. The van der Waals surface area contributed by atoms with Crippen molar-refractivity contribution in [2.24, 2.45) is 5.73 Å². The van der Waals surface area contributed by atoms with Gasteiger partial charge in [0.1, 0.15) is 0 Å². The Morgan fingerprint density at radius 1 is 1.24 bits per heavy atom.